The quantitative estimate of drug-likeness (QED) is 0.0466. The zero-order valence-electron chi connectivity index (χ0n) is 29.2. The molecule has 1 fully saturated rings. The Kier molecular flexibility index (Phi) is 16.0. The van der Waals surface area contributed by atoms with Crippen molar-refractivity contribution in [2.75, 3.05) is 37.8 Å². The van der Waals surface area contributed by atoms with Crippen molar-refractivity contribution in [1.82, 2.24) is 30.2 Å². The van der Waals surface area contributed by atoms with Gasteiger partial charge in [-0.15, -0.1) is 0 Å². The van der Waals surface area contributed by atoms with E-state index in [0.29, 0.717) is 11.3 Å². The van der Waals surface area contributed by atoms with E-state index in [1.807, 2.05) is 0 Å². The maximum absolute atomic E-state index is 12.7. The standard InChI is InChI=1S/C26H42N7O17P3S/c1-5-14(2)25(38)54-9-8-28-16(34)6-7-29-23(37)20(36)26(3,4)11-47-53(44,45)50-52(42,43)46-10-15-19(49-51(39,40)41)18(35)24(48-15)33-13-32-17-21(27)30-12-31-22(17)33/h5,12-13,15,18-20,24,35-36H,6-11H2,1-4H3,(H,28,34)(H,29,37)(H,42,43)(H,44,45)(H2,27,30,31)(H2,39,40,41)/b14-5+/t15-,18?,19+,20+,24-/m1/s1. The van der Waals surface area contributed by atoms with Gasteiger partial charge in [-0.25, -0.2) is 28.6 Å². The van der Waals surface area contributed by atoms with Crippen molar-refractivity contribution >= 4 is 69.1 Å². The lowest BCUT2D eigenvalue weighted by Gasteiger charge is -2.30. The number of aromatic nitrogens is 4. The van der Waals surface area contributed by atoms with Crippen LogP contribution in [0.4, 0.5) is 5.82 Å². The average Bonchev–Trinajstić information content (AvgIpc) is 3.64. The zero-order chi connectivity index (χ0) is 40.6. The van der Waals surface area contributed by atoms with Gasteiger partial charge in [-0.05, 0) is 19.4 Å². The Balaban J connectivity index is 1.51. The number of carbonyl (C=O) groups is 3. The van der Waals surface area contributed by atoms with Crippen molar-refractivity contribution in [2.24, 2.45) is 5.41 Å². The highest BCUT2D eigenvalue weighted by molar-refractivity contribution is 8.14. The Hall–Kier alpha value is -2.70. The smallest absolute Gasteiger partial charge is 0.386 e. The molecule has 3 heterocycles. The Morgan fingerprint density at radius 3 is 2.41 bits per heavy atom. The van der Waals surface area contributed by atoms with Gasteiger partial charge in [0.2, 0.25) is 16.9 Å². The first-order chi connectivity index (χ1) is 25.0. The minimum Gasteiger partial charge on any atom is -0.386 e. The molecule has 0 aromatic carbocycles. The maximum atomic E-state index is 12.7. The summed E-state index contributed by atoms with van der Waals surface area (Å²) in [7, 11) is -16.4. The number of amides is 2. The number of imidazole rings is 1. The molecule has 3 rings (SSSR count). The molecule has 1 saturated heterocycles. The maximum Gasteiger partial charge on any atom is 0.481 e. The van der Waals surface area contributed by atoms with Gasteiger partial charge in [0.15, 0.2) is 17.7 Å². The van der Waals surface area contributed by atoms with E-state index in [0.717, 1.165) is 29.0 Å². The molecule has 0 spiro atoms. The monoisotopic (exact) mass is 849 g/mol. The summed E-state index contributed by atoms with van der Waals surface area (Å²) in [5.74, 6) is -1.13. The number of nitrogen functional groups attached to an aromatic ring is 1. The highest BCUT2D eigenvalue weighted by atomic mass is 32.2. The van der Waals surface area contributed by atoms with Crippen LogP contribution >= 0.6 is 35.2 Å². The van der Waals surface area contributed by atoms with Crippen molar-refractivity contribution < 1.29 is 80.5 Å². The molecule has 2 aromatic rings. The summed E-state index contributed by atoms with van der Waals surface area (Å²) >= 11 is 1.03. The number of phosphoric acid groups is 3. The first-order valence-corrected chi connectivity index (χ1v) is 21.2. The van der Waals surface area contributed by atoms with Crippen LogP contribution < -0.4 is 16.4 Å². The van der Waals surface area contributed by atoms with Crippen LogP contribution in [0.25, 0.3) is 11.2 Å². The lowest BCUT2D eigenvalue weighted by molar-refractivity contribution is -0.137. The predicted molar refractivity (Wildman–Crippen MR) is 187 cm³/mol. The van der Waals surface area contributed by atoms with E-state index in [4.69, 9.17) is 19.5 Å². The number of nitrogens with two attached hydrogens (primary N) is 1. The molecule has 1 aliphatic heterocycles. The summed E-state index contributed by atoms with van der Waals surface area (Å²) < 4.78 is 62.0. The number of phosphoric ester groups is 3. The van der Waals surface area contributed by atoms with Gasteiger partial charge in [-0.3, -0.25) is 32.5 Å². The minimum absolute atomic E-state index is 0.0301. The summed E-state index contributed by atoms with van der Waals surface area (Å²) in [4.78, 5) is 87.2. The third-order valence-corrected chi connectivity index (χ3v) is 11.6. The Morgan fingerprint density at radius 2 is 1.76 bits per heavy atom. The molecule has 24 nitrogen and oxygen atoms in total. The SMILES string of the molecule is C/C=C(\C)C(=O)SCCNC(=O)CCNC(=O)[C@H](O)C(C)(C)COP(=O)(O)OP(=O)(O)OC[C@H]1O[C@@H](n2cnc3c(N)ncnc32)C(O)[C@H]1OP(=O)(O)O. The number of aliphatic hydroxyl groups excluding tert-OH is 2. The first kappa shape index (κ1) is 45.7. The van der Waals surface area contributed by atoms with Crippen molar-refractivity contribution in [3.8, 4) is 0 Å². The molecule has 2 amide bonds. The molecule has 10 N–H and O–H groups in total. The van der Waals surface area contributed by atoms with Gasteiger partial charge in [-0.1, -0.05) is 31.7 Å². The van der Waals surface area contributed by atoms with Gasteiger partial charge in [-0.2, -0.15) is 4.31 Å². The van der Waals surface area contributed by atoms with Crippen molar-refractivity contribution in [3.63, 3.8) is 0 Å². The number of hydrogen-bond acceptors (Lipinski definition) is 18. The Morgan fingerprint density at radius 1 is 1.09 bits per heavy atom. The average molecular weight is 850 g/mol. The molecule has 7 atom stereocenters. The van der Waals surface area contributed by atoms with Gasteiger partial charge in [0.1, 0.15) is 36.3 Å². The molecule has 1 aliphatic rings. The molecule has 2 aromatic heterocycles. The molecule has 0 saturated carbocycles. The van der Waals surface area contributed by atoms with Gasteiger partial charge >= 0.3 is 23.5 Å². The predicted octanol–water partition coefficient (Wildman–Crippen LogP) is -0.369. The molecule has 0 aliphatic carbocycles. The van der Waals surface area contributed by atoms with Crippen LogP contribution in [0.1, 0.15) is 40.3 Å². The van der Waals surface area contributed by atoms with E-state index >= 15 is 0 Å². The third kappa shape index (κ3) is 13.2. The fourth-order valence-electron chi connectivity index (χ4n) is 4.51. The number of aliphatic hydroxyl groups is 2. The molecular weight excluding hydrogens is 807 g/mol. The van der Waals surface area contributed by atoms with Gasteiger partial charge in [0, 0.05) is 30.7 Å². The van der Waals surface area contributed by atoms with E-state index in [1.54, 1.807) is 19.9 Å². The molecule has 304 valence electrons. The summed E-state index contributed by atoms with van der Waals surface area (Å²) in [5.41, 5.74) is 4.84. The van der Waals surface area contributed by atoms with Crippen LogP contribution in [0.2, 0.25) is 0 Å². The summed E-state index contributed by atoms with van der Waals surface area (Å²) in [6.07, 6.45) is -5.24. The number of hydrogen-bond donors (Lipinski definition) is 9. The van der Waals surface area contributed by atoms with Gasteiger partial charge in [0.05, 0.1) is 19.5 Å². The van der Waals surface area contributed by atoms with Crippen LogP contribution in [-0.2, 0) is 50.7 Å². The molecule has 54 heavy (non-hydrogen) atoms. The van der Waals surface area contributed by atoms with Crippen molar-refractivity contribution in [2.45, 2.75) is 64.8 Å². The topological polar surface area (TPSA) is 364 Å². The van der Waals surface area contributed by atoms with Gasteiger partial charge < -0.3 is 50.9 Å². The second-order valence-corrected chi connectivity index (χ2v) is 17.5. The van der Waals surface area contributed by atoms with Crippen molar-refractivity contribution in [1.29, 1.82) is 0 Å². The number of ether oxygens (including phenoxy) is 1. The van der Waals surface area contributed by atoms with E-state index in [2.05, 4.69) is 34.4 Å². The summed E-state index contributed by atoms with van der Waals surface area (Å²) in [6, 6.07) is 0. The zero-order valence-corrected chi connectivity index (χ0v) is 32.7. The van der Waals surface area contributed by atoms with Crippen LogP contribution in [-0.4, -0.2) is 123 Å². The number of nitrogens with one attached hydrogen (secondary N) is 2. The fraction of sp³-hybridized carbons (Fsp3) is 0.615. The molecule has 28 heteroatoms. The second-order valence-electron chi connectivity index (χ2n) is 12.2. The van der Waals surface area contributed by atoms with Crippen LogP contribution in [0, 0.1) is 5.41 Å². The summed E-state index contributed by atoms with van der Waals surface area (Å²) in [6.45, 7) is 3.88. The highest BCUT2D eigenvalue weighted by Gasteiger charge is 2.50. The van der Waals surface area contributed by atoms with E-state index in [1.165, 1.54) is 13.8 Å². The summed E-state index contributed by atoms with van der Waals surface area (Å²) in [5, 5.41) is 26.2. The van der Waals surface area contributed by atoms with E-state index in [-0.39, 0.29) is 41.6 Å². The first-order valence-electron chi connectivity index (χ1n) is 15.7. The van der Waals surface area contributed by atoms with Crippen LogP contribution in [0.15, 0.2) is 24.3 Å². The number of nitrogens with zero attached hydrogens (tertiary/aromatic N) is 4. The highest BCUT2D eigenvalue weighted by Crippen LogP contribution is 2.61. The normalized spacial score (nSPS) is 22.4. The molecule has 0 bridgehead atoms. The number of thioether (sulfide) groups is 1. The lowest BCUT2D eigenvalue weighted by Crippen LogP contribution is -2.46. The third-order valence-electron chi connectivity index (χ3n) is 7.49. The van der Waals surface area contributed by atoms with Gasteiger partial charge in [0.25, 0.3) is 0 Å². The van der Waals surface area contributed by atoms with E-state index < -0.39 is 84.6 Å². The minimum atomic E-state index is -5.57. The van der Waals surface area contributed by atoms with Crippen molar-refractivity contribution in [3.05, 3.63) is 24.3 Å². The van der Waals surface area contributed by atoms with Crippen LogP contribution in [0.3, 0.4) is 0 Å². The number of rotatable bonds is 20. The Bertz CT molecular complexity index is 1840. The number of allylic oxidation sites excluding steroid dienone is 1. The Labute approximate surface area is 311 Å². The van der Waals surface area contributed by atoms with E-state index in [9.17, 15) is 57.9 Å². The molecular formula is C26H42N7O17P3S. The second kappa shape index (κ2) is 19.0. The molecule has 3 unspecified atom stereocenters. The largest absolute Gasteiger partial charge is 0.481 e. The molecule has 0 radical (unpaired) electrons. The lowest BCUT2D eigenvalue weighted by atomic mass is 9.87. The number of anilines is 1. The number of carbonyl (C=O) groups excluding carboxylic acids is 3. The number of fused-ring (bicyclic) bond motifs is 1. The fourth-order valence-corrected chi connectivity index (χ4v) is 8.07. The van der Waals surface area contributed by atoms with Crippen LogP contribution in [0.5, 0.6) is 0 Å².